The number of nitrogens with zero attached hydrogens (tertiary/aromatic N) is 2. The van der Waals surface area contributed by atoms with Gasteiger partial charge in [0.05, 0.1) is 16.7 Å². The Kier molecular flexibility index (Phi) is 3.42. The average molecular weight is 383 g/mol. The molecule has 3 aliphatic heterocycles. The smallest absolute Gasteiger partial charge is 0.325 e. The number of fused-ring (bicyclic) bond motifs is 5. The number of carbonyl (C=O) groups excluding carboxylic acids is 1. The fourth-order valence-corrected chi connectivity index (χ4v) is 4.04. The fourth-order valence-electron chi connectivity index (χ4n) is 4.04. The number of hydrogen-bond donors (Lipinski definition) is 1. The van der Waals surface area contributed by atoms with Crippen molar-refractivity contribution < 1.29 is 23.9 Å². The van der Waals surface area contributed by atoms with Crippen LogP contribution in [0.15, 0.2) is 36.4 Å². The molecule has 9 heteroatoms. The van der Waals surface area contributed by atoms with E-state index in [1.54, 1.807) is 29.2 Å². The van der Waals surface area contributed by atoms with Crippen molar-refractivity contribution in [1.29, 1.82) is 0 Å². The van der Waals surface area contributed by atoms with E-state index in [0.29, 0.717) is 48.1 Å². The molecule has 1 N–H and O–H groups in total. The van der Waals surface area contributed by atoms with Crippen LogP contribution in [0.1, 0.15) is 24.9 Å². The zero-order valence-electron chi connectivity index (χ0n) is 15.0. The third-order valence-electron chi connectivity index (χ3n) is 5.25. The first-order valence-corrected chi connectivity index (χ1v) is 8.92. The zero-order chi connectivity index (χ0) is 19.5. The molecule has 3 aliphatic rings. The number of nitro benzene ring substituents is 1. The van der Waals surface area contributed by atoms with Gasteiger partial charge in [0, 0.05) is 30.2 Å². The summed E-state index contributed by atoms with van der Waals surface area (Å²) < 4.78 is 17.4. The van der Waals surface area contributed by atoms with E-state index in [-0.39, 0.29) is 17.8 Å². The van der Waals surface area contributed by atoms with Gasteiger partial charge in [-0.1, -0.05) is 0 Å². The summed E-state index contributed by atoms with van der Waals surface area (Å²) in [4.78, 5) is 25.1. The van der Waals surface area contributed by atoms with Crippen LogP contribution in [-0.4, -0.2) is 29.9 Å². The number of urea groups is 1. The number of benzene rings is 2. The van der Waals surface area contributed by atoms with Gasteiger partial charge in [0.25, 0.3) is 5.69 Å². The number of non-ortho nitro benzene ring substituents is 1. The number of nitrogens with one attached hydrogen (secondary N) is 1. The summed E-state index contributed by atoms with van der Waals surface area (Å²) in [5.41, 5.74) is 0.254. The standard InChI is InChI=1S/C19H17N3O6/c1-19-10-14(13-8-12(22(24)25)3-4-15(13)28-19)20-18(23)21(19)11-2-5-16-17(9-11)27-7-6-26-16/h2-5,8-9,14H,6-7,10H2,1H3,(H,20,23)/t14-,19-/m0/s1. The first kappa shape index (κ1) is 16.7. The second-order valence-corrected chi connectivity index (χ2v) is 7.13. The molecule has 144 valence electrons. The van der Waals surface area contributed by atoms with Gasteiger partial charge in [0.1, 0.15) is 19.0 Å². The Hall–Kier alpha value is -3.49. The minimum absolute atomic E-state index is 0.0329. The van der Waals surface area contributed by atoms with Gasteiger partial charge in [-0.25, -0.2) is 4.79 Å². The van der Waals surface area contributed by atoms with Crippen LogP contribution in [0.4, 0.5) is 16.2 Å². The number of carbonyl (C=O) groups is 1. The lowest BCUT2D eigenvalue weighted by Gasteiger charge is -2.50. The summed E-state index contributed by atoms with van der Waals surface area (Å²) in [7, 11) is 0. The molecular weight excluding hydrogens is 366 g/mol. The van der Waals surface area contributed by atoms with Crippen LogP contribution in [0, 0.1) is 10.1 Å². The summed E-state index contributed by atoms with van der Waals surface area (Å²) in [5, 5.41) is 14.0. The summed E-state index contributed by atoms with van der Waals surface area (Å²) >= 11 is 0. The topological polar surface area (TPSA) is 103 Å². The summed E-state index contributed by atoms with van der Waals surface area (Å²) in [6.45, 7) is 2.77. The molecule has 28 heavy (non-hydrogen) atoms. The molecule has 1 fully saturated rings. The number of anilines is 1. The molecular formula is C19H17N3O6. The summed E-state index contributed by atoms with van der Waals surface area (Å²) in [5.74, 6) is 1.73. The molecule has 0 spiro atoms. The second kappa shape index (κ2) is 5.75. The minimum atomic E-state index is -0.945. The van der Waals surface area contributed by atoms with Crippen molar-refractivity contribution in [3.8, 4) is 17.2 Å². The molecule has 2 atom stereocenters. The molecule has 2 aromatic carbocycles. The molecule has 5 rings (SSSR count). The molecule has 0 unspecified atom stereocenters. The van der Waals surface area contributed by atoms with E-state index in [0.717, 1.165) is 0 Å². The molecule has 1 saturated heterocycles. The third kappa shape index (κ3) is 2.43. The van der Waals surface area contributed by atoms with Crippen molar-refractivity contribution in [3.63, 3.8) is 0 Å². The average Bonchev–Trinajstić information content (AvgIpc) is 2.67. The van der Waals surface area contributed by atoms with E-state index >= 15 is 0 Å². The van der Waals surface area contributed by atoms with Gasteiger partial charge in [-0.05, 0) is 25.1 Å². The zero-order valence-corrected chi connectivity index (χ0v) is 15.0. The quantitative estimate of drug-likeness (QED) is 0.631. The number of rotatable bonds is 2. The first-order valence-electron chi connectivity index (χ1n) is 8.92. The monoisotopic (exact) mass is 383 g/mol. The molecule has 0 radical (unpaired) electrons. The van der Waals surface area contributed by atoms with Gasteiger partial charge < -0.3 is 19.5 Å². The van der Waals surface area contributed by atoms with Crippen LogP contribution in [0.5, 0.6) is 17.2 Å². The summed E-state index contributed by atoms with van der Waals surface area (Å²) in [6, 6.07) is 9.05. The van der Waals surface area contributed by atoms with Crippen molar-refractivity contribution in [2.45, 2.75) is 25.1 Å². The largest absolute Gasteiger partial charge is 0.486 e. The predicted molar refractivity (Wildman–Crippen MR) is 97.9 cm³/mol. The van der Waals surface area contributed by atoms with Crippen LogP contribution >= 0.6 is 0 Å². The van der Waals surface area contributed by atoms with E-state index < -0.39 is 10.6 Å². The maximum Gasteiger partial charge on any atom is 0.325 e. The Balaban J connectivity index is 1.55. The van der Waals surface area contributed by atoms with Crippen molar-refractivity contribution in [1.82, 2.24) is 5.32 Å². The lowest BCUT2D eigenvalue weighted by atomic mass is 9.90. The van der Waals surface area contributed by atoms with Gasteiger partial charge in [0.2, 0.25) is 0 Å². The lowest BCUT2D eigenvalue weighted by molar-refractivity contribution is -0.385. The van der Waals surface area contributed by atoms with Gasteiger partial charge >= 0.3 is 6.03 Å². The highest BCUT2D eigenvalue weighted by Gasteiger charge is 2.50. The minimum Gasteiger partial charge on any atom is -0.486 e. The molecule has 0 aromatic heterocycles. The highest BCUT2D eigenvalue weighted by atomic mass is 16.6. The molecule has 2 bridgehead atoms. The Morgan fingerprint density at radius 3 is 2.68 bits per heavy atom. The van der Waals surface area contributed by atoms with E-state index in [1.807, 2.05) is 6.92 Å². The van der Waals surface area contributed by atoms with Crippen LogP contribution in [-0.2, 0) is 0 Å². The van der Waals surface area contributed by atoms with Crippen molar-refractivity contribution in [3.05, 3.63) is 52.1 Å². The Labute approximate surface area is 159 Å². The molecule has 3 heterocycles. The Morgan fingerprint density at radius 2 is 1.89 bits per heavy atom. The molecule has 2 aromatic rings. The number of hydrogen-bond acceptors (Lipinski definition) is 6. The van der Waals surface area contributed by atoms with Crippen molar-refractivity contribution >= 4 is 17.4 Å². The molecule has 2 amide bonds. The van der Waals surface area contributed by atoms with Gasteiger partial charge in [-0.15, -0.1) is 0 Å². The van der Waals surface area contributed by atoms with E-state index in [2.05, 4.69) is 5.32 Å². The van der Waals surface area contributed by atoms with E-state index in [4.69, 9.17) is 14.2 Å². The Morgan fingerprint density at radius 1 is 1.14 bits per heavy atom. The molecule has 0 saturated carbocycles. The normalized spacial score (nSPS) is 24.7. The second-order valence-electron chi connectivity index (χ2n) is 7.13. The van der Waals surface area contributed by atoms with Gasteiger partial charge in [-0.2, -0.15) is 0 Å². The predicted octanol–water partition coefficient (Wildman–Crippen LogP) is 3.14. The van der Waals surface area contributed by atoms with Crippen LogP contribution in [0.3, 0.4) is 0 Å². The summed E-state index contributed by atoms with van der Waals surface area (Å²) in [6.07, 6.45) is 0.446. The molecule has 9 nitrogen and oxygen atoms in total. The Bertz CT molecular complexity index is 1010. The highest BCUT2D eigenvalue weighted by molar-refractivity contribution is 5.95. The van der Waals surface area contributed by atoms with Gasteiger partial charge in [0.15, 0.2) is 17.2 Å². The maximum atomic E-state index is 12.9. The third-order valence-corrected chi connectivity index (χ3v) is 5.25. The number of nitro groups is 1. The maximum absolute atomic E-state index is 12.9. The van der Waals surface area contributed by atoms with Crippen LogP contribution in [0.25, 0.3) is 0 Å². The SMILES string of the molecule is C[C@]12C[C@H](NC(=O)N1c1ccc3c(c1)OCCO3)c1cc([N+](=O)[O-])ccc1O2. The first-order chi connectivity index (χ1) is 13.4. The van der Waals surface area contributed by atoms with Gasteiger partial charge in [-0.3, -0.25) is 15.0 Å². The van der Waals surface area contributed by atoms with Crippen LogP contribution < -0.4 is 24.4 Å². The lowest BCUT2D eigenvalue weighted by Crippen LogP contribution is -2.65. The van der Waals surface area contributed by atoms with Crippen LogP contribution in [0.2, 0.25) is 0 Å². The van der Waals surface area contributed by atoms with Crippen molar-refractivity contribution in [2.75, 3.05) is 18.1 Å². The van der Waals surface area contributed by atoms with Crippen molar-refractivity contribution in [2.24, 2.45) is 0 Å². The van der Waals surface area contributed by atoms with E-state index in [9.17, 15) is 14.9 Å². The number of ether oxygens (including phenoxy) is 3. The van der Waals surface area contributed by atoms with E-state index in [1.165, 1.54) is 12.1 Å². The fraction of sp³-hybridized carbons (Fsp3) is 0.316. The number of amides is 2. The molecule has 0 aliphatic carbocycles. The highest BCUT2D eigenvalue weighted by Crippen LogP contribution is 2.47.